The van der Waals surface area contributed by atoms with Crippen LogP contribution in [0.25, 0.3) is 0 Å². The summed E-state index contributed by atoms with van der Waals surface area (Å²) in [5.41, 5.74) is 1.19. The highest BCUT2D eigenvalue weighted by molar-refractivity contribution is 5.97. The highest BCUT2D eigenvalue weighted by Crippen LogP contribution is 2.59. The van der Waals surface area contributed by atoms with Crippen LogP contribution in [0.2, 0.25) is 0 Å². The molecule has 1 saturated carbocycles. The van der Waals surface area contributed by atoms with E-state index in [0.717, 1.165) is 49.5 Å². The van der Waals surface area contributed by atoms with Gasteiger partial charge in [-0.3, -0.25) is 4.79 Å². The van der Waals surface area contributed by atoms with Crippen LogP contribution in [0.4, 0.5) is 5.69 Å². The molecule has 1 saturated heterocycles. The molecule has 25 heavy (non-hydrogen) atoms. The second-order valence-corrected chi connectivity index (χ2v) is 7.18. The number of hydrogen-bond donors (Lipinski definition) is 1. The van der Waals surface area contributed by atoms with Gasteiger partial charge in [0.05, 0.1) is 0 Å². The molecule has 1 unspecified atom stereocenters. The Morgan fingerprint density at radius 3 is 2.36 bits per heavy atom. The lowest BCUT2D eigenvalue weighted by molar-refractivity contribution is -0.120. The minimum atomic E-state index is 0.194. The highest BCUT2D eigenvalue weighted by atomic mass is 16.5. The van der Waals surface area contributed by atoms with E-state index in [4.69, 9.17) is 4.74 Å². The number of ether oxygens (including phenoxy) is 1. The van der Waals surface area contributed by atoms with E-state index in [2.05, 4.69) is 5.32 Å². The van der Waals surface area contributed by atoms with Gasteiger partial charge < -0.3 is 15.0 Å². The second kappa shape index (κ2) is 6.52. The fraction of sp³-hybridized carbons (Fsp3) is 0.381. The number of carbonyl (C=O) groups is 1. The number of rotatable bonds is 4. The van der Waals surface area contributed by atoms with Crippen LogP contribution >= 0.6 is 0 Å². The number of hydrogen-bond acceptors (Lipinski definition) is 3. The van der Waals surface area contributed by atoms with Crippen molar-refractivity contribution in [2.45, 2.75) is 19.3 Å². The van der Waals surface area contributed by atoms with Gasteiger partial charge in [-0.15, -0.1) is 0 Å². The third kappa shape index (κ3) is 3.27. The Bertz CT molecular complexity index is 736. The fourth-order valence-electron chi connectivity index (χ4n) is 3.90. The van der Waals surface area contributed by atoms with Gasteiger partial charge in [-0.2, -0.15) is 0 Å². The molecule has 0 aromatic heterocycles. The summed E-state index contributed by atoms with van der Waals surface area (Å²) < 4.78 is 5.81. The maximum absolute atomic E-state index is 12.8. The largest absolute Gasteiger partial charge is 0.457 e. The van der Waals surface area contributed by atoms with E-state index in [9.17, 15) is 4.79 Å². The van der Waals surface area contributed by atoms with Crippen molar-refractivity contribution in [3.05, 3.63) is 54.6 Å². The van der Waals surface area contributed by atoms with Crippen LogP contribution in [0.5, 0.6) is 11.5 Å². The van der Waals surface area contributed by atoms with E-state index in [1.807, 2.05) is 61.6 Å². The predicted octanol–water partition coefficient (Wildman–Crippen LogP) is 3.83. The summed E-state index contributed by atoms with van der Waals surface area (Å²) in [5.74, 6) is 2.03. The van der Waals surface area contributed by atoms with Gasteiger partial charge in [-0.1, -0.05) is 18.2 Å². The monoisotopic (exact) mass is 336 g/mol. The zero-order chi connectivity index (χ0) is 17.3. The van der Waals surface area contributed by atoms with E-state index in [1.54, 1.807) is 4.90 Å². The normalized spacial score (nSPS) is 20.9. The maximum Gasteiger partial charge on any atom is 0.230 e. The molecule has 130 valence electrons. The van der Waals surface area contributed by atoms with Crippen LogP contribution < -0.4 is 15.0 Å². The summed E-state index contributed by atoms with van der Waals surface area (Å²) in [6.45, 7) is 2.08. The first-order valence-electron chi connectivity index (χ1n) is 8.99. The summed E-state index contributed by atoms with van der Waals surface area (Å²) in [7, 11) is 1.88. The molecular weight excluding hydrogens is 312 g/mol. The lowest BCUT2D eigenvalue weighted by Gasteiger charge is -2.25. The number of amides is 1. The zero-order valence-corrected chi connectivity index (χ0v) is 14.6. The predicted molar refractivity (Wildman–Crippen MR) is 99.0 cm³/mol. The number of para-hydroxylation sites is 1. The Morgan fingerprint density at radius 2 is 1.68 bits per heavy atom. The van der Waals surface area contributed by atoms with Gasteiger partial charge in [-0.05, 0) is 74.2 Å². The number of carbonyl (C=O) groups excluding carboxylic acids is 1. The van der Waals surface area contributed by atoms with E-state index in [1.165, 1.54) is 0 Å². The average molecular weight is 336 g/mol. The molecule has 1 aliphatic carbocycles. The molecule has 2 aliphatic rings. The molecule has 2 aromatic carbocycles. The molecule has 1 heterocycles. The molecule has 1 amide bonds. The molecule has 0 bridgehead atoms. The van der Waals surface area contributed by atoms with Crippen molar-refractivity contribution in [3.63, 3.8) is 0 Å². The Kier molecular flexibility index (Phi) is 4.22. The molecule has 1 atom stereocenters. The SMILES string of the molecule is CN(C(=O)C1CC12CCNCC2)c1ccc(Oc2ccccc2)cc1. The zero-order valence-electron chi connectivity index (χ0n) is 14.6. The molecule has 2 fully saturated rings. The Balaban J connectivity index is 1.40. The van der Waals surface area contributed by atoms with Crippen molar-refractivity contribution in [2.75, 3.05) is 25.0 Å². The van der Waals surface area contributed by atoms with Gasteiger partial charge in [0, 0.05) is 18.7 Å². The van der Waals surface area contributed by atoms with Crippen LogP contribution in [-0.2, 0) is 4.79 Å². The van der Waals surface area contributed by atoms with Crippen LogP contribution in [-0.4, -0.2) is 26.0 Å². The first-order valence-corrected chi connectivity index (χ1v) is 8.99. The number of benzene rings is 2. The summed E-state index contributed by atoms with van der Waals surface area (Å²) in [5, 5.41) is 3.39. The van der Waals surface area contributed by atoms with Crippen LogP contribution in [0, 0.1) is 11.3 Å². The Labute approximate surface area is 148 Å². The third-order valence-electron chi connectivity index (χ3n) is 5.62. The molecule has 2 aromatic rings. The van der Waals surface area contributed by atoms with Gasteiger partial charge >= 0.3 is 0 Å². The summed E-state index contributed by atoms with van der Waals surface area (Å²) in [6.07, 6.45) is 3.30. The van der Waals surface area contributed by atoms with Crippen molar-refractivity contribution in [1.82, 2.24) is 5.32 Å². The molecule has 4 nitrogen and oxygen atoms in total. The maximum atomic E-state index is 12.8. The van der Waals surface area contributed by atoms with Crippen LogP contribution in [0.15, 0.2) is 54.6 Å². The smallest absolute Gasteiger partial charge is 0.230 e. The van der Waals surface area contributed by atoms with Gasteiger partial charge in [0.25, 0.3) is 0 Å². The molecule has 1 spiro atoms. The topological polar surface area (TPSA) is 41.6 Å². The van der Waals surface area contributed by atoms with Gasteiger partial charge in [-0.25, -0.2) is 0 Å². The lowest BCUT2D eigenvalue weighted by atomic mass is 9.91. The number of nitrogens with zero attached hydrogens (tertiary/aromatic N) is 1. The quantitative estimate of drug-likeness (QED) is 0.922. The number of anilines is 1. The number of piperidine rings is 1. The van der Waals surface area contributed by atoms with Crippen molar-refractivity contribution < 1.29 is 9.53 Å². The standard InChI is InChI=1S/C21H24N2O2/c1-23(20(24)19-15-21(19)11-13-22-14-12-21)16-7-9-18(10-8-16)25-17-5-3-2-4-6-17/h2-10,19,22H,11-15H2,1H3. The first-order chi connectivity index (χ1) is 12.2. The third-order valence-corrected chi connectivity index (χ3v) is 5.62. The minimum absolute atomic E-state index is 0.194. The molecule has 4 rings (SSSR count). The van der Waals surface area contributed by atoms with Crippen LogP contribution in [0.3, 0.4) is 0 Å². The lowest BCUT2D eigenvalue weighted by Crippen LogP contribution is -2.34. The second-order valence-electron chi connectivity index (χ2n) is 7.18. The molecule has 0 radical (unpaired) electrons. The van der Waals surface area contributed by atoms with Crippen molar-refractivity contribution in [1.29, 1.82) is 0 Å². The molecular formula is C21H24N2O2. The molecule has 4 heteroatoms. The van der Waals surface area contributed by atoms with E-state index in [0.29, 0.717) is 0 Å². The van der Waals surface area contributed by atoms with Gasteiger partial charge in [0.15, 0.2) is 0 Å². The fourth-order valence-corrected chi connectivity index (χ4v) is 3.90. The molecule has 1 aliphatic heterocycles. The Hall–Kier alpha value is -2.33. The summed E-state index contributed by atoms with van der Waals surface area (Å²) in [4.78, 5) is 14.6. The Morgan fingerprint density at radius 1 is 1.04 bits per heavy atom. The van der Waals surface area contributed by atoms with Crippen molar-refractivity contribution in [3.8, 4) is 11.5 Å². The molecule has 1 N–H and O–H groups in total. The van der Waals surface area contributed by atoms with Crippen molar-refractivity contribution in [2.24, 2.45) is 11.3 Å². The van der Waals surface area contributed by atoms with E-state index < -0.39 is 0 Å². The summed E-state index contributed by atoms with van der Waals surface area (Å²) in [6, 6.07) is 17.4. The first kappa shape index (κ1) is 16.2. The van der Waals surface area contributed by atoms with E-state index >= 15 is 0 Å². The van der Waals surface area contributed by atoms with E-state index in [-0.39, 0.29) is 17.2 Å². The van der Waals surface area contributed by atoms with Gasteiger partial charge in [0.2, 0.25) is 5.91 Å². The van der Waals surface area contributed by atoms with Crippen LogP contribution in [0.1, 0.15) is 19.3 Å². The minimum Gasteiger partial charge on any atom is -0.457 e. The van der Waals surface area contributed by atoms with Crippen molar-refractivity contribution >= 4 is 11.6 Å². The summed E-state index contributed by atoms with van der Waals surface area (Å²) >= 11 is 0. The highest BCUT2D eigenvalue weighted by Gasteiger charge is 2.58. The van der Waals surface area contributed by atoms with Gasteiger partial charge in [0.1, 0.15) is 11.5 Å². The average Bonchev–Trinajstić information content (AvgIpc) is 3.35. The number of nitrogens with one attached hydrogen (secondary N) is 1.